The van der Waals surface area contributed by atoms with Gasteiger partial charge in [0, 0.05) is 5.69 Å². The molecule has 0 radical (unpaired) electrons. The average molecular weight is 470 g/mol. The van der Waals surface area contributed by atoms with Crippen molar-refractivity contribution in [1.29, 1.82) is 0 Å². The summed E-state index contributed by atoms with van der Waals surface area (Å²) in [5, 5.41) is 0. The number of ether oxygens (including phenoxy) is 1. The first-order chi connectivity index (χ1) is 16.5. The van der Waals surface area contributed by atoms with E-state index >= 15 is 0 Å². The third-order valence-electron chi connectivity index (χ3n) is 6.41. The van der Waals surface area contributed by atoms with Gasteiger partial charge in [-0.05, 0) is 54.5 Å². The number of nitrogens with zero attached hydrogens (tertiary/aromatic N) is 1. The summed E-state index contributed by atoms with van der Waals surface area (Å²) in [6, 6.07) is 25.8. The van der Waals surface area contributed by atoms with Crippen LogP contribution in [-0.4, -0.2) is 17.5 Å². The maximum absolute atomic E-state index is 14.0. The van der Waals surface area contributed by atoms with Crippen molar-refractivity contribution >= 4 is 17.6 Å². The smallest absolute Gasteiger partial charge is 0.315 e. The number of anilines is 1. The number of esters is 1. The first-order valence-corrected chi connectivity index (χ1v) is 12.2. The fraction of sp³-hybridized carbons (Fsp3) is 0.355. The molecule has 0 spiro atoms. The summed E-state index contributed by atoms with van der Waals surface area (Å²) in [6.45, 7) is 12.5. The molecule has 1 aliphatic heterocycles. The molecule has 3 aromatic rings. The molecule has 1 aliphatic rings. The van der Waals surface area contributed by atoms with Crippen molar-refractivity contribution in [3.8, 4) is 0 Å². The van der Waals surface area contributed by atoms with Gasteiger partial charge in [0.2, 0.25) is 5.91 Å². The fourth-order valence-electron chi connectivity index (χ4n) is 4.69. The predicted molar refractivity (Wildman–Crippen MR) is 141 cm³/mol. The van der Waals surface area contributed by atoms with Crippen LogP contribution in [0.5, 0.6) is 0 Å². The normalized spacial score (nSPS) is 16.7. The first-order valence-electron chi connectivity index (χ1n) is 12.2. The molecule has 2 atom stereocenters. The Labute approximate surface area is 208 Å². The van der Waals surface area contributed by atoms with Crippen LogP contribution in [-0.2, 0) is 26.3 Å². The maximum Gasteiger partial charge on any atom is 0.315 e. The molecule has 1 amide bonds. The second-order valence-corrected chi connectivity index (χ2v) is 11.3. The van der Waals surface area contributed by atoms with Crippen LogP contribution in [0.25, 0.3) is 0 Å². The number of carbonyl (C=O) groups is 2. The van der Waals surface area contributed by atoms with Crippen LogP contribution >= 0.6 is 0 Å². The van der Waals surface area contributed by atoms with E-state index < -0.39 is 17.4 Å². The van der Waals surface area contributed by atoms with Gasteiger partial charge in [-0.3, -0.25) is 9.59 Å². The highest BCUT2D eigenvalue weighted by molar-refractivity contribution is 6.08. The van der Waals surface area contributed by atoms with E-state index in [1.54, 1.807) is 4.90 Å². The van der Waals surface area contributed by atoms with Gasteiger partial charge in [0.25, 0.3) is 0 Å². The monoisotopic (exact) mass is 469 g/mol. The molecule has 4 heteroatoms. The molecule has 0 fully saturated rings. The lowest BCUT2D eigenvalue weighted by Crippen LogP contribution is -2.35. The lowest BCUT2D eigenvalue weighted by molar-refractivity contribution is -0.158. The summed E-state index contributed by atoms with van der Waals surface area (Å²) in [4.78, 5) is 29.5. The van der Waals surface area contributed by atoms with Gasteiger partial charge in [0.15, 0.2) is 0 Å². The van der Waals surface area contributed by atoms with E-state index in [-0.39, 0.29) is 17.3 Å². The molecule has 0 aliphatic carbocycles. The summed E-state index contributed by atoms with van der Waals surface area (Å²) >= 11 is 0. The molecular formula is C31H35NO3. The Hall–Kier alpha value is -3.40. The predicted octanol–water partition coefficient (Wildman–Crippen LogP) is 6.74. The second kappa shape index (κ2) is 9.33. The molecule has 2 unspecified atom stereocenters. The summed E-state index contributed by atoms with van der Waals surface area (Å²) in [7, 11) is 0. The number of amides is 1. The van der Waals surface area contributed by atoms with Gasteiger partial charge in [-0.25, -0.2) is 0 Å². The van der Waals surface area contributed by atoms with Gasteiger partial charge in [-0.2, -0.15) is 0 Å². The van der Waals surface area contributed by atoms with Crippen molar-refractivity contribution in [1.82, 2.24) is 0 Å². The molecule has 3 aromatic carbocycles. The number of fused-ring (bicyclic) bond motifs is 1. The van der Waals surface area contributed by atoms with Crippen molar-refractivity contribution in [3.05, 3.63) is 101 Å². The Morgan fingerprint density at radius 3 is 2.06 bits per heavy atom. The van der Waals surface area contributed by atoms with Gasteiger partial charge >= 0.3 is 5.97 Å². The fourth-order valence-corrected chi connectivity index (χ4v) is 4.69. The van der Waals surface area contributed by atoms with Gasteiger partial charge in [0.1, 0.15) is 5.60 Å². The van der Waals surface area contributed by atoms with E-state index in [0.29, 0.717) is 6.54 Å². The first kappa shape index (κ1) is 24.7. The van der Waals surface area contributed by atoms with Crippen molar-refractivity contribution in [2.24, 2.45) is 0 Å². The number of rotatable bonds is 5. The molecule has 0 N–H and O–H groups in total. The van der Waals surface area contributed by atoms with Crippen molar-refractivity contribution < 1.29 is 14.3 Å². The van der Waals surface area contributed by atoms with E-state index in [0.717, 1.165) is 22.4 Å². The van der Waals surface area contributed by atoms with Crippen molar-refractivity contribution in [2.45, 2.75) is 70.9 Å². The summed E-state index contributed by atoms with van der Waals surface area (Å²) < 4.78 is 5.87. The minimum absolute atomic E-state index is 0.0117. The zero-order chi connectivity index (χ0) is 25.4. The summed E-state index contributed by atoms with van der Waals surface area (Å²) in [6.07, 6.45) is 0. The molecule has 35 heavy (non-hydrogen) atoms. The minimum Gasteiger partial charge on any atom is -0.459 e. The van der Waals surface area contributed by atoms with Crippen molar-refractivity contribution in [3.63, 3.8) is 0 Å². The average Bonchev–Trinajstić information content (AvgIpc) is 3.05. The third kappa shape index (κ3) is 5.32. The topological polar surface area (TPSA) is 46.6 Å². The number of para-hydroxylation sites is 1. The minimum atomic E-state index is -0.738. The molecule has 4 rings (SSSR count). The van der Waals surface area contributed by atoms with E-state index in [1.165, 1.54) is 5.56 Å². The number of carbonyl (C=O) groups excluding carboxylic acids is 2. The molecule has 4 nitrogen and oxygen atoms in total. The lowest BCUT2D eigenvalue weighted by atomic mass is 9.80. The highest BCUT2D eigenvalue weighted by Crippen LogP contribution is 2.46. The van der Waals surface area contributed by atoms with E-state index in [4.69, 9.17) is 4.74 Å². The third-order valence-corrected chi connectivity index (χ3v) is 6.41. The summed E-state index contributed by atoms with van der Waals surface area (Å²) in [5.74, 6) is -1.84. The van der Waals surface area contributed by atoms with Crippen LogP contribution in [0.15, 0.2) is 78.9 Å². The SMILES string of the molecule is CC(C)(C)OC(=O)C(c1ccc(C(C)(C)C)cc1)C1C(=O)N(Cc2ccccc2)c2ccccc21. The maximum atomic E-state index is 14.0. The van der Waals surface area contributed by atoms with Crippen molar-refractivity contribution in [2.75, 3.05) is 4.90 Å². The van der Waals surface area contributed by atoms with Crippen LogP contribution in [0, 0.1) is 0 Å². The highest BCUT2D eigenvalue weighted by atomic mass is 16.6. The zero-order valence-electron chi connectivity index (χ0n) is 21.5. The van der Waals surface area contributed by atoms with Crippen LogP contribution in [0.3, 0.4) is 0 Å². The number of benzene rings is 3. The molecule has 0 saturated heterocycles. The highest BCUT2D eigenvalue weighted by Gasteiger charge is 2.46. The van der Waals surface area contributed by atoms with Crippen LogP contribution in [0.4, 0.5) is 5.69 Å². The Bertz CT molecular complexity index is 1200. The molecule has 0 saturated carbocycles. The standard InChI is InChI=1S/C31H35NO3/c1-30(2,3)23-18-16-22(17-19-23)26(29(34)35-31(4,5)6)27-24-14-10-11-15-25(24)32(28(27)33)20-21-12-8-7-9-13-21/h7-19,26-27H,20H2,1-6H3. The Morgan fingerprint density at radius 2 is 1.46 bits per heavy atom. The van der Waals surface area contributed by atoms with E-state index in [2.05, 4.69) is 32.9 Å². The van der Waals surface area contributed by atoms with Gasteiger partial charge in [0.05, 0.1) is 18.4 Å². The van der Waals surface area contributed by atoms with Crippen LogP contribution in [0.1, 0.15) is 75.6 Å². The zero-order valence-corrected chi connectivity index (χ0v) is 21.5. The Balaban J connectivity index is 1.79. The quantitative estimate of drug-likeness (QED) is 0.389. The number of hydrogen-bond donors (Lipinski definition) is 0. The second-order valence-electron chi connectivity index (χ2n) is 11.3. The van der Waals surface area contributed by atoms with Gasteiger partial charge in [-0.15, -0.1) is 0 Å². The molecule has 0 aromatic heterocycles. The summed E-state index contributed by atoms with van der Waals surface area (Å²) in [5.41, 5.74) is 4.05. The van der Waals surface area contributed by atoms with Gasteiger partial charge < -0.3 is 9.64 Å². The Kier molecular flexibility index (Phi) is 6.59. The molecule has 1 heterocycles. The van der Waals surface area contributed by atoms with Crippen LogP contribution < -0.4 is 4.90 Å². The lowest BCUT2D eigenvalue weighted by Gasteiger charge is -2.28. The van der Waals surface area contributed by atoms with Gasteiger partial charge in [-0.1, -0.05) is 93.6 Å². The Morgan fingerprint density at radius 1 is 0.857 bits per heavy atom. The van der Waals surface area contributed by atoms with Crippen LogP contribution in [0.2, 0.25) is 0 Å². The van der Waals surface area contributed by atoms with E-state index in [1.807, 2.05) is 87.5 Å². The number of hydrogen-bond acceptors (Lipinski definition) is 3. The molecule has 182 valence electrons. The molecular weight excluding hydrogens is 434 g/mol. The van der Waals surface area contributed by atoms with E-state index in [9.17, 15) is 9.59 Å². The largest absolute Gasteiger partial charge is 0.459 e. The molecule has 0 bridgehead atoms.